The van der Waals surface area contributed by atoms with E-state index in [1.165, 1.54) is 0 Å². The molecule has 0 aliphatic rings. The number of anilines is 1. The van der Waals surface area contributed by atoms with Crippen LogP contribution >= 0.6 is 15.9 Å². The lowest BCUT2D eigenvalue weighted by Gasteiger charge is -2.10. The highest BCUT2D eigenvalue weighted by Gasteiger charge is 2.05. The third-order valence-corrected chi connectivity index (χ3v) is 3.80. The van der Waals surface area contributed by atoms with E-state index >= 15 is 0 Å². The van der Waals surface area contributed by atoms with E-state index in [0.717, 1.165) is 15.6 Å². The molecule has 0 heterocycles. The Kier molecular flexibility index (Phi) is 5.82. The normalized spacial score (nSPS) is 10.1. The molecular formula is C13H17BrN2O3. The number of benzene rings is 1. The van der Waals surface area contributed by atoms with Gasteiger partial charge in [0, 0.05) is 23.1 Å². The number of hydrogen-bond donors (Lipinski definition) is 3. The van der Waals surface area contributed by atoms with Gasteiger partial charge in [-0.2, -0.15) is 0 Å². The molecule has 2 amide bonds. The standard InChI is InChI=1S/C13H17BrN2O3/c1-8-6-10(7-9(2)12(8)14)16-13(19)15-5-3-4-11(17)18/h6-7H,3-5H2,1-2H3,(H,17,18)(H2,15,16,19). The van der Waals surface area contributed by atoms with Crippen molar-refractivity contribution in [1.29, 1.82) is 0 Å². The van der Waals surface area contributed by atoms with Crippen molar-refractivity contribution in [2.45, 2.75) is 26.7 Å². The second-order valence-electron chi connectivity index (χ2n) is 4.30. The highest BCUT2D eigenvalue weighted by atomic mass is 79.9. The van der Waals surface area contributed by atoms with E-state index in [1.54, 1.807) is 0 Å². The number of halogens is 1. The van der Waals surface area contributed by atoms with Crippen molar-refractivity contribution in [3.63, 3.8) is 0 Å². The zero-order chi connectivity index (χ0) is 14.4. The fourth-order valence-electron chi connectivity index (χ4n) is 1.63. The lowest BCUT2D eigenvalue weighted by Crippen LogP contribution is -2.29. The molecule has 0 radical (unpaired) electrons. The number of rotatable bonds is 5. The number of aryl methyl sites for hydroxylation is 2. The molecule has 0 aliphatic carbocycles. The second-order valence-corrected chi connectivity index (χ2v) is 5.10. The maximum absolute atomic E-state index is 11.6. The first-order chi connectivity index (χ1) is 8.90. The minimum Gasteiger partial charge on any atom is -0.481 e. The van der Waals surface area contributed by atoms with Crippen LogP contribution in [-0.2, 0) is 4.79 Å². The van der Waals surface area contributed by atoms with Crippen LogP contribution in [0.2, 0.25) is 0 Å². The number of carbonyl (C=O) groups excluding carboxylic acids is 1. The van der Waals surface area contributed by atoms with Crippen molar-refractivity contribution in [2.24, 2.45) is 0 Å². The van der Waals surface area contributed by atoms with Gasteiger partial charge in [-0.25, -0.2) is 4.79 Å². The Morgan fingerprint density at radius 1 is 1.26 bits per heavy atom. The van der Waals surface area contributed by atoms with Gasteiger partial charge in [-0.3, -0.25) is 4.79 Å². The van der Waals surface area contributed by atoms with Gasteiger partial charge < -0.3 is 15.7 Å². The van der Waals surface area contributed by atoms with Crippen molar-refractivity contribution in [3.05, 3.63) is 27.7 Å². The average molecular weight is 329 g/mol. The molecule has 104 valence electrons. The van der Waals surface area contributed by atoms with E-state index in [0.29, 0.717) is 18.7 Å². The molecule has 0 saturated carbocycles. The van der Waals surface area contributed by atoms with Crippen molar-refractivity contribution in [3.8, 4) is 0 Å². The molecule has 19 heavy (non-hydrogen) atoms. The van der Waals surface area contributed by atoms with Crippen LogP contribution in [0.1, 0.15) is 24.0 Å². The summed E-state index contributed by atoms with van der Waals surface area (Å²) >= 11 is 3.46. The molecule has 5 nitrogen and oxygen atoms in total. The molecule has 0 atom stereocenters. The molecule has 0 aromatic heterocycles. The van der Waals surface area contributed by atoms with Crippen LogP contribution in [0.5, 0.6) is 0 Å². The van der Waals surface area contributed by atoms with E-state index in [-0.39, 0.29) is 12.5 Å². The van der Waals surface area contributed by atoms with Crippen LogP contribution in [0.4, 0.5) is 10.5 Å². The zero-order valence-corrected chi connectivity index (χ0v) is 12.5. The van der Waals surface area contributed by atoms with Gasteiger partial charge in [0.1, 0.15) is 0 Å². The Balaban J connectivity index is 2.46. The summed E-state index contributed by atoms with van der Waals surface area (Å²) in [5.41, 5.74) is 2.80. The Bertz CT molecular complexity index is 466. The predicted octanol–water partition coefficient (Wildman–Crippen LogP) is 3.05. The van der Waals surface area contributed by atoms with Crippen molar-refractivity contribution < 1.29 is 14.7 Å². The smallest absolute Gasteiger partial charge is 0.319 e. The lowest BCUT2D eigenvalue weighted by molar-refractivity contribution is -0.137. The van der Waals surface area contributed by atoms with Crippen LogP contribution in [-0.4, -0.2) is 23.7 Å². The molecular weight excluding hydrogens is 312 g/mol. The molecule has 1 rings (SSSR count). The van der Waals surface area contributed by atoms with Gasteiger partial charge in [-0.05, 0) is 43.5 Å². The average Bonchev–Trinajstić information content (AvgIpc) is 2.31. The summed E-state index contributed by atoms with van der Waals surface area (Å²) in [4.78, 5) is 21.9. The Morgan fingerprint density at radius 3 is 2.37 bits per heavy atom. The third-order valence-electron chi connectivity index (χ3n) is 2.55. The Morgan fingerprint density at radius 2 is 1.84 bits per heavy atom. The topological polar surface area (TPSA) is 78.4 Å². The minimum absolute atomic E-state index is 0.0524. The molecule has 1 aromatic rings. The first kappa shape index (κ1) is 15.5. The van der Waals surface area contributed by atoms with E-state index in [9.17, 15) is 9.59 Å². The summed E-state index contributed by atoms with van der Waals surface area (Å²) in [6, 6.07) is 3.41. The number of carbonyl (C=O) groups is 2. The third kappa shape index (κ3) is 5.30. The number of aliphatic carboxylic acids is 1. The predicted molar refractivity (Wildman–Crippen MR) is 77.5 cm³/mol. The number of nitrogens with one attached hydrogen (secondary N) is 2. The lowest BCUT2D eigenvalue weighted by atomic mass is 10.1. The van der Waals surface area contributed by atoms with Gasteiger partial charge >= 0.3 is 12.0 Å². The summed E-state index contributed by atoms with van der Waals surface area (Å²) in [6.45, 7) is 4.24. The molecule has 6 heteroatoms. The molecule has 0 unspecified atom stereocenters. The summed E-state index contributed by atoms with van der Waals surface area (Å²) in [5.74, 6) is -0.860. The van der Waals surface area contributed by atoms with Gasteiger partial charge in [-0.15, -0.1) is 0 Å². The number of hydrogen-bond acceptors (Lipinski definition) is 2. The van der Waals surface area contributed by atoms with Crippen LogP contribution in [0.15, 0.2) is 16.6 Å². The van der Waals surface area contributed by atoms with Crippen molar-refractivity contribution >= 4 is 33.6 Å². The number of amides is 2. The number of urea groups is 1. The molecule has 0 aliphatic heterocycles. The first-order valence-electron chi connectivity index (χ1n) is 5.93. The van der Waals surface area contributed by atoms with Crippen LogP contribution in [0.25, 0.3) is 0 Å². The van der Waals surface area contributed by atoms with Crippen LogP contribution in [0, 0.1) is 13.8 Å². The highest BCUT2D eigenvalue weighted by Crippen LogP contribution is 2.24. The fourth-order valence-corrected chi connectivity index (χ4v) is 1.86. The van der Waals surface area contributed by atoms with Gasteiger partial charge in [0.2, 0.25) is 0 Å². The van der Waals surface area contributed by atoms with E-state index in [2.05, 4.69) is 26.6 Å². The summed E-state index contributed by atoms with van der Waals surface area (Å²) < 4.78 is 1.03. The van der Waals surface area contributed by atoms with Crippen molar-refractivity contribution in [1.82, 2.24) is 5.32 Å². The maximum Gasteiger partial charge on any atom is 0.319 e. The van der Waals surface area contributed by atoms with E-state index < -0.39 is 5.97 Å². The van der Waals surface area contributed by atoms with E-state index in [4.69, 9.17) is 5.11 Å². The van der Waals surface area contributed by atoms with Gasteiger partial charge in [0.25, 0.3) is 0 Å². The monoisotopic (exact) mass is 328 g/mol. The molecule has 3 N–H and O–H groups in total. The summed E-state index contributed by atoms with van der Waals surface area (Å²) in [5, 5.41) is 13.8. The first-order valence-corrected chi connectivity index (χ1v) is 6.73. The van der Waals surface area contributed by atoms with Gasteiger partial charge in [0.15, 0.2) is 0 Å². The van der Waals surface area contributed by atoms with E-state index in [1.807, 2.05) is 26.0 Å². The molecule has 1 aromatic carbocycles. The molecule has 0 fully saturated rings. The Hall–Kier alpha value is -1.56. The number of carboxylic acids is 1. The van der Waals surface area contributed by atoms with Crippen LogP contribution < -0.4 is 10.6 Å². The summed E-state index contributed by atoms with van der Waals surface area (Å²) in [6.07, 6.45) is 0.470. The molecule has 0 spiro atoms. The minimum atomic E-state index is -0.860. The maximum atomic E-state index is 11.6. The molecule has 0 bridgehead atoms. The van der Waals surface area contributed by atoms with Crippen molar-refractivity contribution in [2.75, 3.05) is 11.9 Å². The largest absolute Gasteiger partial charge is 0.481 e. The number of carboxylic acid groups (broad SMARTS) is 1. The van der Waals surface area contributed by atoms with Gasteiger partial charge in [-0.1, -0.05) is 15.9 Å². The van der Waals surface area contributed by atoms with Crippen LogP contribution in [0.3, 0.4) is 0 Å². The quantitative estimate of drug-likeness (QED) is 0.727. The SMILES string of the molecule is Cc1cc(NC(=O)NCCCC(=O)O)cc(C)c1Br. The fraction of sp³-hybridized carbons (Fsp3) is 0.385. The van der Waals surface area contributed by atoms with Gasteiger partial charge in [0.05, 0.1) is 0 Å². The zero-order valence-electron chi connectivity index (χ0n) is 10.9. The highest BCUT2D eigenvalue weighted by molar-refractivity contribution is 9.10. The molecule has 0 saturated heterocycles. The Labute approximate surface area is 120 Å². The second kappa shape index (κ2) is 7.13. The summed E-state index contributed by atoms with van der Waals surface area (Å²) in [7, 11) is 0.